The van der Waals surface area contributed by atoms with E-state index in [1.807, 2.05) is 49.1 Å². The number of carbonyl (C=O) groups is 1. The zero-order chi connectivity index (χ0) is 19.2. The Morgan fingerprint density at radius 1 is 0.926 bits per heavy atom. The third-order valence-corrected chi connectivity index (χ3v) is 4.91. The Labute approximate surface area is 161 Å². The molecule has 2 aromatic rings. The van der Waals surface area contributed by atoms with Crippen LogP contribution in [0.2, 0.25) is 0 Å². The minimum Gasteiger partial charge on any atom is -0.491 e. The van der Waals surface area contributed by atoms with Gasteiger partial charge < -0.3 is 15.0 Å². The van der Waals surface area contributed by atoms with Crippen LogP contribution in [0.3, 0.4) is 0 Å². The molecule has 1 heterocycles. The van der Waals surface area contributed by atoms with Crippen molar-refractivity contribution in [2.24, 2.45) is 0 Å². The van der Waals surface area contributed by atoms with Gasteiger partial charge in [0.15, 0.2) is 0 Å². The lowest BCUT2D eigenvalue weighted by atomic mass is 10.1. The van der Waals surface area contributed by atoms with Gasteiger partial charge in [-0.25, -0.2) is 4.79 Å². The monoisotopic (exact) mass is 367 g/mol. The number of urea groups is 1. The predicted molar refractivity (Wildman–Crippen MR) is 109 cm³/mol. The summed E-state index contributed by atoms with van der Waals surface area (Å²) < 4.78 is 5.63. The summed E-state index contributed by atoms with van der Waals surface area (Å²) in [4.78, 5) is 16.9. The Hall–Kier alpha value is -2.53. The molecule has 1 unspecified atom stereocenters. The van der Waals surface area contributed by atoms with E-state index in [4.69, 9.17) is 4.74 Å². The van der Waals surface area contributed by atoms with Crippen molar-refractivity contribution < 1.29 is 9.53 Å². The summed E-state index contributed by atoms with van der Waals surface area (Å²) in [7, 11) is 0. The third-order valence-electron chi connectivity index (χ3n) is 4.91. The van der Waals surface area contributed by atoms with Gasteiger partial charge >= 0.3 is 6.03 Å². The van der Waals surface area contributed by atoms with E-state index in [1.54, 1.807) is 0 Å². The number of nitrogens with one attached hydrogen (secondary N) is 1. The second kappa shape index (κ2) is 8.91. The zero-order valence-corrected chi connectivity index (χ0v) is 16.4. The van der Waals surface area contributed by atoms with E-state index in [2.05, 4.69) is 41.4 Å². The number of carbonyl (C=O) groups excluding carboxylic acids is 1. The van der Waals surface area contributed by atoms with Crippen molar-refractivity contribution in [1.82, 2.24) is 9.80 Å². The summed E-state index contributed by atoms with van der Waals surface area (Å²) in [5, 5.41) is 2.98. The molecule has 2 aromatic carbocycles. The minimum absolute atomic E-state index is 0.0421. The Kier molecular flexibility index (Phi) is 6.35. The van der Waals surface area contributed by atoms with E-state index in [-0.39, 0.29) is 12.1 Å². The molecule has 0 saturated carbocycles. The first-order valence-corrected chi connectivity index (χ1v) is 9.64. The summed E-state index contributed by atoms with van der Waals surface area (Å²) in [6.07, 6.45) is 0.139. The fourth-order valence-corrected chi connectivity index (χ4v) is 3.35. The number of hydrogen-bond acceptors (Lipinski definition) is 3. The quantitative estimate of drug-likeness (QED) is 0.853. The van der Waals surface area contributed by atoms with E-state index in [0.29, 0.717) is 6.04 Å². The predicted octanol–water partition coefficient (Wildman–Crippen LogP) is 4.38. The van der Waals surface area contributed by atoms with Crippen LogP contribution in [0, 0.1) is 0 Å². The summed E-state index contributed by atoms with van der Waals surface area (Å²) in [6, 6.07) is 18.4. The molecule has 1 aliphatic rings. The van der Waals surface area contributed by atoms with E-state index >= 15 is 0 Å². The molecule has 1 atom stereocenters. The molecule has 5 heteroatoms. The molecule has 2 amide bonds. The normalized spacial score (nSPS) is 16.2. The number of piperazine rings is 1. The van der Waals surface area contributed by atoms with E-state index in [9.17, 15) is 4.79 Å². The summed E-state index contributed by atoms with van der Waals surface area (Å²) in [5.41, 5.74) is 2.11. The van der Waals surface area contributed by atoms with E-state index in [0.717, 1.165) is 37.6 Å². The van der Waals surface area contributed by atoms with Crippen LogP contribution >= 0.6 is 0 Å². The van der Waals surface area contributed by atoms with Crippen molar-refractivity contribution in [2.75, 3.05) is 31.5 Å². The number of hydrogen-bond donors (Lipinski definition) is 1. The average molecular weight is 367 g/mol. The topological polar surface area (TPSA) is 44.8 Å². The molecule has 3 rings (SSSR count). The maximum atomic E-state index is 12.5. The van der Waals surface area contributed by atoms with Crippen LogP contribution in [0.25, 0.3) is 0 Å². The van der Waals surface area contributed by atoms with Gasteiger partial charge in [-0.3, -0.25) is 4.90 Å². The smallest absolute Gasteiger partial charge is 0.321 e. The van der Waals surface area contributed by atoms with Gasteiger partial charge in [-0.05, 0) is 50.6 Å². The Bertz CT molecular complexity index is 723. The van der Waals surface area contributed by atoms with Gasteiger partial charge in [0, 0.05) is 37.9 Å². The second-order valence-corrected chi connectivity index (χ2v) is 7.23. The van der Waals surface area contributed by atoms with Gasteiger partial charge in [0.05, 0.1) is 6.10 Å². The van der Waals surface area contributed by atoms with Crippen molar-refractivity contribution in [1.29, 1.82) is 0 Å². The molecule has 0 spiro atoms. The highest BCUT2D eigenvalue weighted by Gasteiger charge is 2.24. The van der Waals surface area contributed by atoms with Gasteiger partial charge in [0.25, 0.3) is 0 Å². The van der Waals surface area contributed by atoms with Gasteiger partial charge in [0.2, 0.25) is 0 Å². The van der Waals surface area contributed by atoms with Crippen LogP contribution in [-0.4, -0.2) is 48.1 Å². The molecule has 5 nitrogen and oxygen atoms in total. The maximum absolute atomic E-state index is 12.5. The highest BCUT2D eigenvalue weighted by Crippen LogP contribution is 2.22. The number of ether oxygens (including phenoxy) is 1. The van der Waals surface area contributed by atoms with Crippen molar-refractivity contribution in [2.45, 2.75) is 32.9 Å². The van der Waals surface area contributed by atoms with E-state index in [1.165, 1.54) is 5.56 Å². The molecule has 27 heavy (non-hydrogen) atoms. The van der Waals surface area contributed by atoms with Crippen molar-refractivity contribution in [3.8, 4) is 5.75 Å². The van der Waals surface area contributed by atoms with Crippen LogP contribution < -0.4 is 10.1 Å². The minimum atomic E-state index is -0.0421. The maximum Gasteiger partial charge on any atom is 0.321 e. The fraction of sp³-hybridized carbons (Fsp3) is 0.409. The molecule has 0 aliphatic carbocycles. The average Bonchev–Trinajstić information content (AvgIpc) is 2.69. The van der Waals surface area contributed by atoms with Crippen molar-refractivity contribution >= 4 is 11.7 Å². The molecule has 1 aliphatic heterocycles. The molecule has 1 N–H and O–H groups in total. The second-order valence-electron chi connectivity index (χ2n) is 7.23. The summed E-state index contributed by atoms with van der Waals surface area (Å²) in [6.45, 7) is 9.44. The Morgan fingerprint density at radius 3 is 2.15 bits per heavy atom. The van der Waals surface area contributed by atoms with Gasteiger partial charge in [0.1, 0.15) is 5.75 Å². The summed E-state index contributed by atoms with van der Waals surface area (Å²) in [5.74, 6) is 0.812. The highest BCUT2D eigenvalue weighted by atomic mass is 16.5. The van der Waals surface area contributed by atoms with Crippen LogP contribution in [0.5, 0.6) is 5.75 Å². The molecule has 1 fully saturated rings. The first-order valence-electron chi connectivity index (χ1n) is 9.64. The lowest BCUT2D eigenvalue weighted by Gasteiger charge is -2.38. The Balaban J connectivity index is 1.50. The molecular formula is C22H29N3O2. The SMILES string of the molecule is CC(C)Oc1ccc(NC(=O)N2CCN(C(C)c3ccccc3)CC2)cc1. The van der Waals surface area contributed by atoms with Gasteiger partial charge in [-0.2, -0.15) is 0 Å². The molecule has 0 radical (unpaired) electrons. The fourth-order valence-electron chi connectivity index (χ4n) is 3.35. The van der Waals surface area contributed by atoms with Crippen LogP contribution in [0.4, 0.5) is 10.5 Å². The number of amides is 2. The van der Waals surface area contributed by atoms with Crippen molar-refractivity contribution in [3.63, 3.8) is 0 Å². The largest absolute Gasteiger partial charge is 0.491 e. The molecule has 0 aromatic heterocycles. The Morgan fingerprint density at radius 2 is 1.56 bits per heavy atom. The van der Waals surface area contributed by atoms with Crippen molar-refractivity contribution in [3.05, 3.63) is 60.2 Å². The molecule has 144 valence electrons. The van der Waals surface area contributed by atoms with Crippen LogP contribution in [-0.2, 0) is 0 Å². The first-order chi connectivity index (χ1) is 13.0. The lowest BCUT2D eigenvalue weighted by Crippen LogP contribution is -2.50. The summed E-state index contributed by atoms with van der Waals surface area (Å²) >= 11 is 0. The van der Waals surface area contributed by atoms with Gasteiger partial charge in [-0.1, -0.05) is 30.3 Å². The number of nitrogens with zero attached hydrogens (tertiary/aromatic N) is 2. The number of rotatable bonds is 5. The molecule has 1 saturated heterocycles. The number of anilines is 1. The molecule has 0 bridgehead atoms. The molecular weight excluding hydrogens is 338 g/mol. The van der Waals surface area contributed by atoms with E-state index < -0.39 is 0 Å². The zero-order valence-electron chi connectivity index (χ0n) is 16.4. The van der Waals surface area contributed by atoms with Gasteiger partial charge in [-0.15, -0.1) is 0 Å². The third kappa shape index (κ3) is 5.23. The van der Waals surface area contributed by atoms with Crippen LogP contribution in [0.15, 0.2) is 54.6 Å². The lowest BCUT2D eigenvalue weighted by molar-refractivity contribution is 0.119. The standard InChI is InChI=1S/C22H29N3O2/c1-17(2)27-21-11-9-20(10-12-21)23-22(26)25-15-13-24(14-16-25)18(3)19-7-5-4-6-8-19/h4-12,17-18H,13-16H2,1-3H3,(H,23,26). The number of benzene rings is 2. The van der Waals surface area contributed by atoms with Crippen LogP contribution in [0.1, 0.15) is 32.4 Å². The highest BCUT2D eigenvalue weighted by molar-refractivity contribution is 5.89. The first kappa shape index (κ1) is 19.2.